The molecule has 3 rings (SSSR count). The van der Waals surface area contributed by atoms with E-state index in [1.165, 1.54) is 11.1 Å². The van der Waals surface area contributed by atoms with Gasteiger partial charge in [0.2, 0.25) is 5.76 Å². The molecule has 108 valence electrons. The zero-order valence-corrected chi connectivity index (χ0v) is 11.4. The summed E-state index contributed by atoms with van der Waals surface area (Å²) in [5, 5.41) is 13.0. The van der Waals surface area contributed by atoms with E-state index in [2.05, 4.69) is 5.16 Å². The Bertz CT molecular complexity index is 707. The Morgan fingerprint density at radius 2 is 2.05 bits per heavy atom. The molecular weight excluding hydrogens is 272 g/mol. The van der Waals surface area contributed by atoms with Gasteiger partial charge < -0.3 is 14.5 Å². The van der Waals surface area contributed by atoms with Crippen LogP contribution in [0.15, 0.2) is 35.0 Å². The third-order valence-corrected chi connectivity index (χ3v) is 3.74. The van der Waals surface area contributed by atoms with E-state index in [9.17, 15) is 14.7 Å². The Morgan fingerprint density at radius 3 is 2.67 bits per heavy atom. The van der Waals surface area contributed by atoms with Gasteiger partial charge in [-0.25, -0.2) is 4.79 Å². The molecule has 1 aromatic carbocycles. The molecule has 2 heterocycles. The number of carbonyl (C=O) groups is 2. The number of carboxylic acids is 1. The minimum atomic E-state index is -1.02. The number of hydrogen-bond donors (Lipinski definition) is 1. The van der Waals surface area contributed by atoms with Gasteiger partial charge >= 0.3 is 5.97 Å². The van der Waals surface area contributed by atoms with Gasteiger partial charge in [-0.1, -0.05) is 29.4 Å². The molecule has 0 unspecified atom stereocenters. The summed E-state index contributed by atoms with van der Waals surface area (Å²) >= 11 is 0. The monoisotopic (exact) mass is 286 g/mol. The van der Waals surface area contributed by atoms with Crippen LogP contribution in [-0.4, -0.2) is 33.1 Å². The summed E-state index contributed by atoms with van der Waals surface area (Å²) < 4.78 is 4.96. The normalized spacial score (nSPS) is 17.4. The molecule has 1 aliphatic heterocycles. The van der Waals surface area contributed by atoms with E-state index < -0.39 is 17.9 Å². The van der Waals surface area contributed by atoms with Crippen LogP contribution in [0.3, 0.4) is 0 Å². The summed E-state index contributed by atoms with van der Waals surface area (Å²) in [6.07, 6.45) is 1.74. The van der Waals surface area contributed by atoms with Crippen LogP contribution in [0.4, 0.5) is 0 Å². The smallest absolute Gasteiger partial charge is 0.326 e. The van der Waals surface area contributed by atoms with Crippen molar-refractivity contribution < 1.29 is 19.2 Å². The Balaban J connectivity index is 1.98. The third kappa shape index (κ3) is 2.29. The molecule has 0 saturated carbocycles. The molecule has 2 aromatic rings. The molecular formula is C15H14N2O4. The van der Waals surface area contributed by atoms with Crippen LogP contribution in [0.2, 0.25) is 0 Å². The highest BCUT2D eigenvalue weighted by Crippen LogP contribution is 2.25. The van der Waals surface area contributed by atoms with E-state index >= 15 is 0 Å². The summed E-state index contributed by atoms with van der Waals surface area (Å²) in [5.74, 6) is -1.36. The number of aromatic nitrogens is 1. The first-order chi connectivity index (χ1) is 10.1. The number of amides is 1. The molecule has 0 radical (unpaired) electrons. The lowest BCUT2D eigenvalue weighted by Gasteiger charge is -2.33. The molecule has 0 spiro atoms. The lowest BCUT2D eigenvalue weighted by molar-refractivity contribution is -0.142. The van der Waals surface area contributed by atoms with Gasteiger partial charge in [0.25, 0.3) is 5.91 Å². The Hall–Kier alpha value is -2.63. The fourth-order valence-corrected chi connectivity index (χ4v) is 2.58. The number of benzene rings is 1. The zero-order chi connectivity index (χ0) is 15.0. The molecule has 0 aliphatic carbocycles. The Morgan fingerprint density at radius 1 is 1.33 bits per heavy atom. The van der Waals surface area contributed by atoms with Crippen molar-refractivity contribution in [3.05, 3.63) is 52.9 Å². The quantitative estimate of drug-likeness (QED) is 0.907. The summed E-state index contributed by atoms with van der Waals surface area (Å²) in [7, 11) is 0. The fraction of sp³-hybridized carbons (Fsp3) is 0.267. The lowest BCUT2D eigenvalue weighted by Crippen LogP contribution is -2.48. The number of carbonyl (C=O) groups excluding carboxylic acids is 1. The molecule has 1 N–H and O–H groups in total. The average molecular weight is 286 g/mol. The average Bonchev–Trinajstić information content (AvgIpc) is 2.91. The van der Waals surface area contributed by atoms with Crippen molar-refractivity contribution in [2.75, 3.05) is 0 Å². The second kappa shape index (κ2) is 5.05. The number of fused-ring (bicyclic) bond motifs is 1. The van der Waals surface area contributed by atoms with E-state index in [-0.39, 0.29) is 12.3 Å². The van der Waals surface area contributed by atoms with E-state index in [4.69, 9.17) is 4.52 Å². The number of rotatable bonds is 2. The van der Waals surface area contributed by atoms with Crippen LogP contribution < -0.4 is 0 Å². The minimum Gasteiger partial charge on any atom is -0.480 e. The highest BCUT2D eigenvalue weighted by Gasteiger charge is 2.36. The van der Waals surface area contributed by atoms with Crippen molar-refractivity contribution in [2.45, 2.75) is 25.9 Å². The molecule has 1 aromatic heterocycles. The van der Waals surface area contributed by atoms with Gasteiger partial charge in [-0.05, 0) is 18.1 Å². The molecule has 1 aliphatic rings. The Kier molecular flexibility index (Phi) is 3.21. The van der Waals surface area contributed by atoms with Crippen LogP contribution in [0.5, 0.6) is 0 Å². The summed E-state index contributed by atoms with van der Waals surface area (Å²) in [6.45, 7) is 1.96. The molecule has 0 bridgehead atoms. The standard InChI is InChI=1S/C15H14N2O4/c1-9-7-16-21-13(9)14(18)17-8-11-5-3-2-4-10(11)6-12(17)15(19)20/h2-5,7,12H,6,8H2,1H3,(H,19,20)/t12-/m0/s1. The topological polar surface area (TPSA) is 83.6 Å². The molecule has 6 heteroatoms. The van der Waals surface area contributed by atoms with Gasteiger partial charge in [0.05, 0.1) is 6.20 Å². The largest absolute Gasteiger partial charge is 0.480 e. The van der Waals surface area contributed by atoms with Crippen molar-refractivity contribution >= 4 is 11.9 Å². The maximum absolute atomic E-state index is 12.5. The van der Waals surface area contributed by atoms with Crippen LogP contribution in [-0.2, 0) is 17.8 Å². The number of aryl methyl sites for hydroxylation is 1. The molecule has 0 fully saturated rings. The molecule has 1 amide bonds. The highest BCUT2D eigenvalue weighted by molar-refractivity contribution is 5.95. The SMILES string of the molecule is Cc1cnoc1C(=O)N1Cc2ccccc2C[C@H]1C(=O)O. The van der Waals surface area contributed by atoms with E-state index in [0.717, 1.165) is 11.1 Å². The van der Waals surface area contributed by atoms with Gasteiger partial charge in [-0.2, -0.15) is 0 Å². The third-order valence-electron chi connectivity index (χ3n) is 3.74. The number of hydrogen-bond acceptors (Lipinski definition) is 4. The first-order valence-electron chi connectivity index (χ1n) is 6.59. The molecule has 1 atom stereocenters. The van der Waals surface area contributed by atoms with Crippen LogP contribution >= 0.6 is 0 Å². The first-order valence-corrected chi connectivity index (χ1v) is 6.59. The predicted octanol–water partition coefficient (Wildman–Crippen LogP) is 1.63. The van der Waals surface area contributed by atoms with E-state index in [1.807, 2.05) is 24.3 Å². The van der Waals surface area contributed by atoms with Crippen molar-refractivity contribution in [3.8, 4) is 0 Å². The second-order valence-corrected chi connectivity index (χ2v) is 5.10. The second-order valence-electron chi connectivity index (χ2n) is 5.10. The van der Waals surface area contributed by atoms with Crippen molar-refractivity contribution in [1.29, 1.82) is 0 Å². The fourth-order valence-electron chi connectivity index (χ4n) is 2.58. The zero-order valence-electron chi connectivity index (χ0n) is 11.4. The Labute approximate surface area is 121 Å². The van der Waals surface area contributed by atoms with E-state index in [1.54, 1.807) is 6.92 Å². The molecule has 0 saturated heterocycles. The van der Waals surface area contributed by atoms with Gasteiger partial charge in [0.15, 0.2) is 0 Å². The number of nitrogens with zero attached hydrogens (tertiary/aromatic N) is 2. The van der Waals surface area contributed by atoms with Crippen LogP contribution in [0.25, 0.3) is 0 Å². The number of aliphatic carboxylic acids is 1. The van der Waals surface area contributed by atoms with Crippen molar-refractivity contribution in [2.24, 2.45) is 0 Å². The maximum Gasteiger partial charge on any atom is 0.326 e. The van der Waals surface area contributed by atoms with Crippen molar-refractivity contribution in [3.63, 3.8) is 0 Å². The predicted molar refractivity (Wildman–Crippen MR) is 72.7 cm³/mol. The van der Waals surface area contributed by atoms with Crippen LogP contribution in [0.1, 0.15) is 27.2 Å². The van der Waals surface area contributed by atoms with Gasteiger partial charge in [-0.3, -0.25) is 4.79 Å². The van der Waals surface area contributed by atoms with Gasteiger partial charge in [0.1, 0.15) is 6.04 Å². The first kappa shape index (κ1) is 13.4. The highest BCUT2D eigenvalue weighted by atomic mass is 16.5. The minimum absolute atomic E-state index is 0.0978. The number of carboxylic acid groups (broad SMARTS) is 1. The van der Waals surface area contributed by atoms with Crippen LogP contribution in [0, 0.1) is 6.92 Å². The van der Waals surface area contributed by atoms with Gasteiger partial charge in [-0.15, -0.1) is 0 Å². The summed E-state index contributed by atoms with van der Waals surface area (Å²) in [6, 6.07) is 6.66. The summed E-state index contributed by atoms with van der Waals surface area (Å²) in [5.41, 5.74) is 2.52. The van der Waals surface area contributed by atoms with E-state index in [0.29, 0.717) is 12.0 Å². The van der Waals surface area contributed by atoms with Gasteiger partial charge in [0, 0.05) is 18.5 Å². The molecule has 6 nitrogen and oxygen atoms in total. The molecule has 21 heavy (non-hydrogen) atoms. The maximum atomic E-state index is 12.5. The summed E-state index contributed by atoms with van der Waals surface area (Å²) in [4.78, 5) is 25.4. The lowest BCUT2D eigenvalue weighted by atomic mass is 9.93. The van der Waals surface area contributed by atoms with Crippen molar-refractivity contribution in [1.82, 2.24) is 10.1 Å².